The molecule has 0 amide bonds. The van der Waals surface area contributed by atoms with E-state index in [1.165, 1.54) is 60.4 Å². The van der Waals surface area contributed by atoms with Crippen molar-refractivity contribution in [2.75, 3.05) is 19.0 Å². The Morgan fingerprint density at radius 2 is 1.48 bits per heavy atom. The lowest BCUT2D eigenvalue weighted by atomic mass is 9.94. The lowest BCUT2D eigenvalue weighted by Gasteiger charge is -2.21. The van der Waals surface area contributed by atoms with Crippen LogP contribution in [0.25, 0.3) is 62.6 Å². The topological polar surface area (TPSA) is 98.0 Å². The third-order valence-electron chi connectivity index (χ3n) is 11.3. The van der Waals surface area contributed by atoms with Crippen molar-refractivity contribution in [1.29, 1.82) is 15.8 Å². The minimum absolute atomic E-state index is 0.0597. The molecular weight excluding hydrogens is 843 g/mol. The predicted octanol–water partition coefficient (Wildman–Crippen LogP) is 14.7. The second-order valence-corrected chi connectivity index (χ2v) is 20.4. The first-order chi connectivity index (χ1) is 30.1. The third kappa shape index (κ3) is 7.48. The van der Waals surface area contributed by atoms with Crippen LogP contribution in [0.3, 0.4) is 0 Å². The molecule has 0 spiro atoms. The quantitative estimate of drug-likeness (QED) is 0.0845. The third-order valence-corrected chi connectivity index (χ3v) is 16.2. The van der Waals surface area contributed by atoms with Gasteiger partial charge in [0.2, 0.25) is 0 Å². The van der Waals surface area contributed by atoms with Crippen molar-refractivity contribution in [3.8, 4) is 29.6 Å². The van der Waals surface area contributed by atoms with Crippen LogP contribution in [0.5, 0.6) is 5.75 Å². The Balaban J connectivity index is 1.16. The Morgan fingerprint density at radius 1 is 0.774 bits per heavy atom. The van der Waals surface area contributed by atoms with Crippen LogP contribution in [0.15, 0.2) is 102 Å². The van der Waals surface area contributed by atoms with Crippen LogP contribution in [0.4, 0.5) is 5.69 Å². The van der Waals surface area contributed by atoms with E-state index in [-0.39, 0.29) is 16.9 Å². The first-order valence-corrected chi connectivity index (χ1v) is 24.0. The monoisotopic (exact) mass is 885 g/mol. The van der Waals surface area contributed by atoms with E-state index in [4.69, 9.17) is 9.47 Å². The molecule has 8 aromatic rings. The Labute approximate surface area is 377 Å². The molecule has 0 radical (unpaired) electrons. The highest BCUT2D eigenvalue weighted by atomic mass is 32.1. The van der Waals surface area contributed by atoms with Crippen LogP contribution in [-0.2, 0) is 17.8 Å². The minimum Gasteiger partial charge on any atom is -0.488 e. The van der Waals surface area contributed by atoms with Crippen molar-refractivity contribution < 1.29 is 9.47 Å². The minimum atomic E-state index is -0.906. The maximum Gasteiger partial charge on any atom is 0.172 e. The van der Waals surface area contributed by atoms with Crippen molar-refractivity contribution >= 4 is 108 Å². The summed E-state index contributed by atoms with van der Waals surface area (Å²) in [4.78, 5) is 4.16. The molecule has 0 atom stereocenters. The molecule has 0 fully saturated rings. The van der Waals surface area contributed by atoms with Crippen LogP contribution in [0.1, 0.15) is 72.9 Å². The average molecular weight is 886 g/mol. The number of thiophene rings is 4. The molecule has 0 N–H and O–H groups in total. The highest BCUT2D eigenvalue weighted by Gasteiger charge is 2.42. The molecule has 1 aliphatic rings. The molecule has 7 nitrogen and oxygen atoms in total. The second-order valence-electron chi connectivity index (χ2n) is 16.1. The number of anilines is 1. The van der Waals surface area contributed by atoms with Crippen molar-refractivity contribution in [3.05, 3.63) is 128 Å². The number of hydrogen-bond donors (Lipinski definition) is 0. The number of nitriles is 3. The zero-order chi connectivity index (χ0) is 43.1. The number of fused-ring (bicyclic) bond motifs is 7. The fourth-order valence-corrected chi connectivity index (χ4v) is 13.7. The van der Waals surface area contributed by atoms with E-state index >= 15 is 0 Å². The zero-order valence-electron chi connectivity index (χ0n) is 35.2. The van der Waals surface area contributed by atoms with Gasteiger partial charge in [0, 0.05) is 61.8 Å². The summed E-state index contributed by atoms with van der Waals surface area (Å²) < 4.78 is 22.3. The summed E-state index contributed by atoms with van der Waals surface area (Å²) in [5.74, 6) is 0.900. The van der Waals surface area contributed by atoms with Crippen molar-refractivity contribution in [3.63, 3.8) is 0 Å². The van der Waals surface area contributed by atoms with E-state index in [9.17, 15) is 15.8 Å². The van der Waals surface area contributed by atoms with Gasteiger partial charge in [-0.2, -0.15) is 15.8 Å². The van der Waals surface area contributed by atoms with Gasteiger partial charge in [0.1, 0.15) is 41.7 Å². The summed E-state index contributed by atoms with van der Waals surface area (Å²) >= 11 is 7.07. The van der Waals surface area contributed by atoms with E-state index in [1.807, 2.05) is 81.0 Å². The number of nitrogens with zero attached hydrogens (tertiary/aromatic N) is 5. The molecule has 5 aromatic heterocycles. The summed E-state index contributed by atoms with van der Waals surface area (Å²) in [6.07, 6.45) is 10.3. The SMILES string of the molecule is CCCCCCc1ccc(-n2c3c4sc(/C=C/c5ccc(N(C)C)cc5OCc5ccccc5)cc4sc3c3sc4cc(C5=C(C#N)C(=C(C#N)C#N)OC5(C)C)sc4c32)cc1. The number of aromatic nitrogens is 1. The Kier molecular flexibility index (Phi) is 11.3. The van der Waals surface area contributed by atoms with Gasteiger partial charge in [-0.1, -0.05) is 68.7 Å². The summed E-state index contributed by atoms with van der Waals surface area (Å²) in [5, 5.41) is 29.8. The maximum absolute atomic E-state index is 10.4. The van der Waals surface area contributed by atoms with Crippen LogP contribution in [-0.4, -0.2) is 24.3 Å². The van der Waals surface area contributed by atoms with Gasteiger partial charge in [0.25, 0.3) is 0 Å². The van der Waals surface area contributed by atoms with Gasteiger partial charge in [-0.15, -0.1) is 45.3 Å². The molecule has 62 heavy (non-hydrogen) atoms. The number of unbranched alkanes of at least 4 members (excludes halogenated alkanes) is 3. The van der Waals surface area contributed by atoms with Gasteiger partial charge in [-0.3, -0.25) is 0 Å². The molecule has 3 aromatic carbocycles. The fourth-order valence-electron chi connectivity index (χ4n) is 8.20. The summed E-state index contributed by atoms with van der Waals surface area (Å²) in [7, 11) is 4.08. The molecule has 0 saturated heterocycles. The van der Waals surface area contributed by atoms with Gasteiger partial charge < -0.3 is 18.9 Å². The highest BCUT2D eigenvalue weighted by Crippen LogP contribution is 2.54. The summed E-state index contributed by atoms with van der Waals surface area (Å²) in [6, 6.07) is 36.3. The Hall–Kier alpha value is -6.13. The Morgan fingerprint density at radius 3 is 2.16 bits per heavy atom. The maximum atomic E-state index is 10.4. The number of aryl methyl sites for hydroxylation is 1. The van der Waals surface area contributed by atoms with Crippen LogP contribution in [0.2, 0.25) is 0 Å². The molecule has 11 heteroatoms. The first kappa shape index (κ1) is 41.2. The first-order valence-electron chi connectivity index (χ1n) is 20.7. The lowest BCUT2D eigenvalue weighted by molar-refractivity contribution is 0.109. The molecule has 308 valence electrons. The number of ether oxygens (including phenoxy) is 2. The fraction of sp³-hybridized carbons (Fsp3) is 0.235. The van der Waals surface area contributed by atoms with E-state index < -0.39 is 5.60 Å². The van der Waals surface area contributed by atoms with Gasteiger partial charge in [-0.25, -0.2) is 0 Å². The van der Waals surface area contributed by atoms with E-state index in [1.54, 1.807) is 22.7 Å². The molecular formula is C51H43N5O2S4. The van der Waals surface area contributed by atoms with Gasteiger partial charge in [0.05, 0.1) is 29.8 Å². The van der Waals surface area contributed by atoms with Gasteiger partial charge in [-0.05, 0) is 86.4 Å². The lowest BCUT2D eigenvalue weighted by Crippen LogP contribution is -2.20. The van der Waals surface area contributed by atoms with Crippen molar-refractivity contribution in [2.45, 2.75) is 65.1 Å². The predicted molar refractivity (Wildman–Crippen MR) is 262 cm³/mol. The van der Waals surface area contributed by atoms with Gasteiger partial charge in [0.15, 0.2) is 11.3 Å². The number of hydrogen-bond acceptors (Lipinski definition) is 10. The number of allylic oxidation sites excluding steroid dienone is 2. The van der Waals surface area contributed by atoms with E-state index in [0.717, 1.165) is 54.5 Å². The molecule has 0 saturated carbocycles. The standard InChI is InChI=1S/C51H43N5O2S4/c1-6-7-8-10-13-31-16-20-35(21-17-31)56-44-47-41(25-37(59-47)23-19-33-18-22-36(55(4)5)24-39(33)57-30-32-14-11-9-12-15-32)61-49(44)50-45(56)48-42(62-50)26-40(60-48)43-38(29-54)46(34(27-52)28-53)58-51(43,2)3/h9,11-12,14-26H,6-8,10,13,30H2,1-5H3/b23-19+. The molecule has 0 bridgehead atoms. The van der Waals surface area contributed by atoms with Crippen molar-refractivity contribution in [2.24, 2.45) is 0 Å². The molecule has 0 unspecified atom stereocenters. The highest BCUT2D eigenvalue weighted by molar-refractivity contribution is 7.39. The zero-order valence-corrected chi connectivity index (χ0v) is 38.4. The van der Waals surface area contributed by atoms with Gasteiger partial charge >= 0.3 is 0 Å². The molecule has 9 rings (SSSR count). The van der Waals surface area contributed by atoms with Crippen LogP contribution in [0, 0.1) is 34.0 Å². The van der Waals surface area contributed by atoms with Crippen LogP contribution >= 0.6 is 45.3 Å². The van der Waals surface area contributed by atoms with E-state index in [0.29, 0.717) is 12.2 Å². The molecule has 0 aliphatic carbocycles. The smallest absolute Gasteiger partial charge is 0.172 e. The Bertz CT molecular complexity index is 3220. The number of rotatable bonds is 13. The summed E-state index contributed by atoms with van der Waals surface area (Å²) in [5.41, 5.74) is 7.91. The largest absolute Gasteiger partial charge is 0.488 e. The average Bonchev–Trinajstić information content (AvgIpc) is 4.11. The second kappa shape index (κ2) is 17.0. The van der Waals surface area contributed by atoms with Crippen LogP contribution < -0.4 is 9.64 Å². The summed E-state index contributed by atoms with van der Waals surface area (Å²) in [6.45, 7) is 6.52. The van der Waals surface area contributed by atoms with Crippen molar-refractivity contribution in [1.82, 2.24) is 4.57 Å². The van der Waals surface area contributed by atoms with E-state index in [2.05, 4.69) is 101 Å². The molecule has 6 heterocycles. The molecule has 1 aliphatic heterocycles. The number of benzene rings is 3. The normalized spacial score (nSPS) is 13.7.